The molecule has 242 valence electrons. The highest BCUT2D eigenvalue weighted by atomic mass is 19.1. The SMILES string of the molecule is CC(=O)Nc1ccc(-c2c(-c3cnn(C)c3)oc3ncnc(Oc4ccc(NC(=O)c5cccn(-c6ccc(F)cc6)c5=O)cc4)c23)cc1. The fourth-order valence-corrected chi connectivity index (χ4v) is 5.31. The van der Waals surface area contributed by atoms with Crippen molar-refractivity contribution in [1.82, 2.24) is 24.3 Å². The lowest BCUT2D eigenvalue weighted by atomic mass is 10.0. The maximum absolute atomic E-state index is 13.4. The van der Waals surface area contributed by atoms with E-state index in [0.717, 1.165) is 11.1 Å². The van der Waals surface area contributed by atoms with E-state index in [1.54, 1.807) is 60.4 Å². The molecule has 2 N–H and O–H groups in total. The van der Waals surface area contributed by atoms with Crippen LogP contribution in [-0.4, -0.2) is 36.1 Å². The Morgan fingerprint density at radius 3 is 2.29 bits per heavy atom. The Kier molecular flexibility index (Phi) is 7.98. The van der Waals surface area contributed by atoms with Crippen molar-refractivity contribution in [2.75, 3.05) is 10.6 Å². The maximum atomic E-state index is 13.4. The molecule has 0 atom stereocenters. The first-order chi connectivity index (χ1) is 23.7. The second-order valence-corrected chi connectivity index (χ2v) is 11.0. The fourth-order valence-electron chi connectivity index (χ4n) is 5.31. The van der Waals surface area contributed by atoms with Gasteiger partial charge >= 0.3 is 0 Å². The summed E-state index contributed by atoms with van der Waals surface area (Å²) in [7, 11) is 1.80. The van der Waals surface area contributed by atoms with E-state index in [1.165, 1.54) is 54.3 Å². The molecule has 3 aromatic carbocycles. The number of amides is 2. The third-order valence-corrected chi connectivity index (χ3v) is 7.54. The third kappa shape index (κ3) is 6.27. The first kappa shape index (κ1) is 30.7. The number of furan rings is 1. The van der Waals surface area contributed by atoms with E-state index in [1.807, 2.05) is 18.3 Å². The van der Waals surface area contributed by atoms with Crippen molar-refractivity contribution in [3.8, 4) is 39.8 Å². The second kappa shape index (κ2) is 12.7. The Balaban J connectivity index is 1.17. The lowest BCUT2D eigenvalue weighted by Gasteiger charge is -2.10. The molecule has 2 amide bonds. The summed E-state index contributed by atoms with van der Waals surface area (Å²) < 4.78 is 28.8. The molecule has 0 aliphatic carbocycles. The average molecular weight is 656 g/mol. The fraction of sp³-hybridized carbons (Fsp3) is 0.0556. The van der Waals surface area contributed by atoms with E-state index in [2.05, 4.69) is 25.7 Å². The molecule has 0 aliphatic rings. The number of ether oxygens (including phenoxy) is 1. The first-order valence-electron chi connectivity index (χ1n) is 14.9. The first-order valence-corrected chi connectivity index (χ1v) is 14.9. The van der Waals surface area contributed by atoms with Crippen molar-refractivity contribution < 1.29 is 23.1 Å². The number of rotatable bonds is 8. The molecule has 0 radical (unpaired) electrons. The molecular formula is C36H26FN7O5. The van der Waals surface area contributed by atoms with E-state index in [9.17, 15) is 18.8 Å². The molecule has 12 nitrogen and oxygen atoms in total. The average Bonchev–Trinajstić information content (AvgIpc) is 3.70. The third-order valence-electron chi connectivity index (χ3n) is 7.54. The monoisotopic (exact) mass is 655 g/mol. The quantitative estimate of drug-likeness (QED) is 0.187. The van der Waals surface area contributed by atoms with Crippen LogP contribution in [0.2, 0.25) is 0 Å². The number of fused-ring (bicyclic) bond motifs is 1. The number of nitrogens with zero attached hydrogens (tertiary/aromatic N) is 5. The van der Waals surface area contributed by atoms with Gasteiger partial charge in [0.05, 0.1) is 11.8 Å². The molecule has 0 aliphatic heterocycles. The van der Waals surface area contributed by atoms with Gasteiger partial charge in [0.2, 0.25) is 17.5 Å². The van der Waals surface area contributed by atoms with Gasteiger partial charge in [-0.1, -0.05) is 12.1 Å². The highest BCUT2D eigenvalue weighted by molar-refractivity contribution is 6.04. The van der Waals surface area contributed by atoms with Gasteiger partial charge in [-0.3, -0.25) is 23.6 Å². The van der Waals surface area contributed by atoms with Gasteiger partial charge in [0, 0.05) is 49.0 Å². The van der Waals surface area contributed by atoms with Crippen LogP contribution in [0.25, 0.3) is 39.2 Å². The van der Waals surface area contributed by atoms with Crippen molar-refractivity contribution in [1.29, 1.82) is 0 Å². The van der Waals surface area contributed by atoms with Crippen molar-refractivity contribution in [2.45, 2.75) is 6.92 Å². The highest BCUT2D eigenvalue weighted by Gasteiger charge is 2.24. The van der Waals surface area contributed by atoms with Gasteiger partial charge in [0.1, 0.15) is 34.6 Å². The van der Waals surface area contributed by atoms with Gasteiger partial charge in [-0.25, -0.2) is 14.4 Å². The molecular weight excluding hydrogens is 629 g/mol. The minimum atomic E-state index is -0.608. The molecule has 0 bridgehead atoms. The molecule has 4 aromatic heterocycles. The van der Waals surface area contributed by atoms with Crippen LogP contribution in [0.5, 0.6) is 11.6 Å². The zero-order valence-corrected chi connectivity index (χ0v) is 26.0. The molecule has 0 unspecified atom stereocenters. The molecule has 4 heterocycles. The molecule has 13 heteroatoms. The number of benzene rings is 3. The number of hydrogen-bond acceptors (Lipinski definition) is 8. The van der Waals surface area contributed by atoms with Crippen molar-refractivity contribution >= 4 is 34.3 Å². The van der Waals surface area contributed by atoms with Crippen molar-refractivity contribution in [3.63, 3.8) is 0 Å². The molecule has 7 aromatic rings. The van der Waals surface area contributed by atoms with E-state index in [-0.39, 0.29) is 17.4 Å². The lowest BCUT2D eigenvalue weighted by Crippen LogP contribution is -2.27. The Morgan fingerprint density at radius 2 is 1.59 bits per heavy atom. The van der Waals surface area contributed by atoms with Crippen LogP contribution < -0.4 is 20.9 Å². The smallest absolute Gasteiger partial charge is 0.267 e. The van der Waals surface area contributed by atoms with Crippen molar-refractivity contribution in [2.24, 2.45) is 7.05 Å². The molecule has 0 saturated heterocycles. The molecule has 49 heavy (non-hydrogen) atoms. The van der Waals surface area contributed by atoms with Crippen LogP contribution in [0.1, 0.15) is 17.3 Å². The van der Waals surface area contributed by atoms with Gasteiger partial charge in [0.25, 0.3) is 11.5 Å². The zero-order chi connectivity index (χ0) is 34.1. The van der Waals surface area contributed by atoms with Gasteiger partial charge in [-0.2, -0.15) is 5.10 Å². The van der Waals surface area contributed by atoms with Gasteiger partial charge < -0.3 is 19.8 Å². The Hall–Kier alpha value is -6.89. The number of nitrogens with one attached hydrogen (secondary N) is 2. The van der Waals surface area contributed by atoms with Crippen LogP contribution in [0.15, 0.2) is 119 Å². The van der Waals surface area contributed by atoms with Crippen LogP contribution in [0.3, 0.4) is 0 Å². The zero-order valence-electron chi connectivity index (χ0n) is 26.0. The number of aryl methyl sites for hydroxylation is 1. The number of anilines is 2. The van der Waals surface area contributed by atoms with E-state index in [0.29, 0.717) is 45.2 Å². The largest absolute Gasteiger partial charge is 0.438 e. The minimum Gasteiger partial charge on any atom is -0.438 e. The number of halogens is 1. The van der Waals surface area contributed by atoms with Gasteiger partial charge in [0.15, 0.2) is 0 Å². The predicted molar refractivity (Wildman–Crippen MR) is 180 cm³/mol. The molecule has 7 rings (SSSR count). The van der Waals surface area contributed by atoms with Crippen LogP contribution in [-0.2, 0) is 11.8 Å². The van der Waals surface area contributed by atoms with Crippen LogP contribution in [0.4, 0.5) is 15.8 Å². The van der Waals surface area contributed by atoms with E-state index < -0.39 is 17.3 Å². The number of hydrogen-bond donors (Lipinski definition) is 2. The maximum Gasteiger partial charge on any atom is 0.267 e. The number of carbonyl (C=O) groups is 2. The number of aromatic nitrogens is 5. The van der Waals surface area contributed by atoms with Gasteiger partial charge in [-0.15, -0.1) is 0 Å². The summed E-state index contributed by atoms with van der Waals surface area (Å²) in [6.07, 6.45) is 6.35. The summed E-state index contributed by atoms with van der Waals surface area (Å²) in [6.45, 7) is 1.44. The number of pyridine rings is 1. The van der Waals surface area contributed by atoms with Gasteiger partial charge in [-0.05, 0) is 78.4 Å². The molecule has 0 spiro atoms. The van der Waals surface area contributed by atoms with E-state index in [4.69, 9.17) is 9.15 Å². The van der Waals surface area contributed by atoms with E-state index >= 15 is 0 Å². The second-order valence-electron chi connectivity index (χ2n) is 11.0. The molecule has 0 saturated carbocycles. The summed E-state index contributed by atoms with van der Waals surface area (Å²) in [4.78, 5) is 46.5. The van der Waals surface area contributed by atoms with Crippen LogP contribution in [0, 0.1) is 5.82 Å². The summed E-state index contributed by atoms with van der Waals surface area (Å²) in [5.41, 5.74) is 3.30. The minimum absolute atomic E-state index is 0.0856. The standard InChI is InChI=1S/C36H26FN7O5/c1-21(45)41-25-9-5-22(6-10-25)30-31-34(38-20-39-35(31)49-32(30)23-18-40-43(2)19-23)48-28-15-11-26(12-16-28)42-33(46)29-4-3-17-44(36(29)47)27-13-7-24(37)8-14-27/h3-20H,1-2H3,(H,41,45)(H,42,46). The topological polar surface area (TPSA) is 146 Å². The predicted octanol–water partition coefficient (Wildman–Crippen LogP) is 6.58. The summed E-state index contributed by atoms with van der Waals surface area (Å²) in [6, 6.07) is 22.2. The summed E-state index contributed by atoms with van der Waals surface area (Å²) in [5.74, 6) is -0.0741. The van der Waals surface area contributed by atoms with Crippen molar-refractivity contribution in [3.05, 3.63) is 132 Å². The summed E-state index contributed by atoms with van der Waals surface area (Å²) >= 11 is 0. The normalized spacial score (nSPS) is 11.0. The Bertz CT molecular complexity index is 2400. The number of carbonyl (C=O) groups excluding carboxylic acids is 2. The Morgan fingerprint density at radius 1 is 0.878 bits per heavy atom. The lowest BCUT2D eigenvalue weighted by molar-refractivity contribution is -0.114. The Labute approximate surface area is 277 Å². The summed E-state index contributed by atoms with van der Waals surface area (Å²) in [5, 5.41) is 10.3. The molecule has 0 fully saturated rings. The highest BCUT2D eigenvalue weighted by Crippen LogP contribution is 2.44. The van der Waals surface area contributed by atoms with Crippen LogP contribution >= 0.6 is 0 Å².